The van der Waals surface area contributed by atoms with E-state index in [-0.39, 0.29) is 0 Å². The van der Waals surface area contributed by atoms with Crippen molar-refractivity contribution in [2.24, 2.45) is 4.99 Å². The lowest BCUT2D eigenvalue weighted by atomic mass is 9.80. The van der Waals surface area contributed by atoms with Crippen LogP contribution < -0.4 is 10.6 Å². The number of aliphatic hydroxyl groups is 1. The first kappa shape index (κ1) is 16.8. The summed E-state index contributed by atoms with van der Waals surface area (Å²) in [5.41, 5.74) is 3.24. The molecule has 1 saturated carbocycles. The second kappa shape index (κ2) is 7.26. The number of H-pyrrole nitrogens is 1. The molecule has 0 aliphatic heterocycles. The molecule has 0 saturated heterocycles. The number of nitrogens with zero attached hydrogens (tertiary/aromatic N) is 1. The van der Waals surface area contributed by atoms with Gasteiger partial charge in [-0.05, 0) is 50.7 Å². The average Bonchev–Trinajstić information content (AvgIpc) is 2.95. The van der Waals surface area contributed by atoms with Gasteiger partial charge in [0.2, 0.25) is 0 Å². The summed E-state index contributed by atoms with van der Waals surface area (Å²) < 4.78 is 0. The number of benzene rings is 1. The highest BCUT2D eigenvalue weighted by atomic mass is 16.3. The zero-order valence-corrected chi connectivity index (χ0v) is 14.7. The third-order valence-corrected chi connectivity index (χ3v) is 4.86. The first-order chi connectivity index (χ1) is 11.6. The third kappa shape index (κ3) is 3.73. The second-order valence-corrected chi connectivity index (χ2v) is 6.76. The quantitative estimate of drug-likeness (QED) is 0.486. The number of para-hydroxylation sites is 1. The number of aromatic amines is 1. The van der Waals surface area contributed by atoms with Gasteiger partial charge in [-0.25, -0.2) is 0 Å². The maximum Gasteiger partial charge on any atom is 0.191 e. The summed E-state index contributed by atoms with van der Waals surface area (Å²) >= 11 is 0. The monoisotopic (exact) mass is 328 g/mol. The van der Waals surface area contributed by atoms with Crippen LogP contribution in [0.15, 0.2) is 29.4 Å². The first-order valence-corrected chi connectivity index (χ1v) is 8.91. The van der Waals surface area contributed by atoms with Gasteiger partial charge in [-0.2, -0.15) is 0 Å². The summed E-state index contributed by atoms with van der Waals surface area (Å²) in [6.07, 6.45) is 5.86. The van der Waals surface area contributed by atoms with Crippen molar-refractivity contribution in [3.8, 4) is 0 Å². The highest BCUT2D eigenvalue weighted by Crippen LogP contribution is 2.31. The lowest BCUT2D eigenvalue weighted by molar-refractivity contribution is -0.0236. The van der Waals surface area contributed by atoms with Crippen LogP contribution in [0.5, 0.6) is 0 Å². The molecule has 0 spiro atoms. The van der Waals surface area contributed by atoms with Crippen LogP contribution in [0.4, 0.5) is 0 Å². The zero-order valence-electron chi connectivity index (χ0n) is 14.7. The van der Waals surface area contributed by atoms with Gasteiger partial charge in [0, 0.05) is 30.2 Å². The van der Waals surface area contributed by atoms with Gasteiger partial charge in [-0.3, -0.25) is 4.99 Å². The van der Waals surface area contributed by atoms with Gasteiger partial charge in [-0.1, -0.05) is 18.2 Å². The molecule has 0 bridgehead atoms. The van der Waals surface area contributed by atoms with E-state index in [1.807, 2.05) is 0 Å². The molecular formula is C19H28N4O. The van der Waals surface area contributed by atoms with Crippen molar-refractivity contribution in [3.63, 3.8) is 0 Å². The second-order valence-electron chi connectivity index (χ2n) is 6.76. The molecule has 24 heavy (non-hydrogen) atoms. The Balaban J connectivity index is 1.58. The predicted molar refractivity (Wildman–Crippen MR) is 99.5 cm³/mol. The maximum absolute atomic E-state index is 10.2. The average molecular weight is 328 g/mol. The number of aryl methyl sites for hydroxylation is 1. The van der Waals surface area contributed by atoms with E-state index in [9.17, 15) is 5.11 Å². The summed E-state index contributed by atoms with van der Waals surface area (Å²) in [7, 11) is 0. The summed E-state index contributed by atoms with van der Waals surface area (Å²) in [5.74, 6) is 0.786. The third-order valence-electron chi connectivity index (χ3n) is 4.86. The Hall–Kier alpha value is -2.01. The number of nitrogens with one attached hydrogen (secondary N) is 3. The van der Waals surface area contributed by atoms with Crippen LogP contribution >= 0.6 is 0 Å². The van der Waals surface area contributed by atoms with Crippen molar-refractivity contribution < 1.29 is 5.11 Å². The minimum absolute atomic E-state index is 0.481. The Labute approximate surface area is 143 Å². The van der Waals surface area contributed by atoms with Crippen LogP contribution in [-0.4, -0.2) is 41.3 Å². The van der Waals surface area contributed by atoms with Gasteiger partial charge >= 0.3 is 0 Å². The van der Waals surface area contributed by atoms with Gasteiger partial charge in [0.1, 0.15) is 0 Å². The van der Waals surface area contributed by atoms with Crippen molar-refractivity contribution in [2.75, 3.05) is 19.6 Å². The van der Waals surface area contributed by atoms with Crippen LogP contribution in [0.25, 0.3) is 10.9 Å². The number of guanidine groups is 1. The number of hydrogen-bond acceptors (Lipinski definition) is 2. The smallest absolute Gasteiger partial charge is 0.191 e. The van der Waals surface area contributed by atoms with E-state index in [1.54, 1.807) is 0 Å². The van der Waals surface area contributed by atoms with Gasteiger partial charge < -0.3 is 20.7 Å². The van der Waals surface area contributed by atoms with Crippen molar-refractivity contribution in [3.05, 3.63) is 35.5 Å². The molecule has 4 N–H and O–H groups in total. The fraction of sp³-hybridized carbons (Fsp3) is 0.526. The molecule has 0 amide bonds. The van der Waals surface area contributed by atoms with Crippen LogP contribution in [0.2, 0.25) is 0 Å². The summed E-state index contributed by atoms with van der Waals surface area (Å²) in [6.45, 7) is 6.29. The predicted octanol–water partition coefficient (Wildman–Crippen LogP) is 2.49. The van der Waals surface area contributed by atoms with Crippen LogP contribution in [0, 0.1) is 6.92 Å². The van der Waals surface area contributed by atoms with Gasteiger partial charge in [-0.15, -0.1) is 0 Å². The van der Waals surface area contributed by atoms with E-state index in [0.717, 1.165) is 44.7 Å². The number of fused-ring (bicyclic) bond motifs is 1. The van der Waals surface area contributed by atoms with E-state index in [2.05, 4.69) is 58.9 Å². The highest BCUT2D eigenvalue weighted by Gasteiger charge is 2.34. The minimum atomic E-state index is -0.573. The van der Waals surface area contributed by atoms with Gasteiger partial charge in [0.15, 0.2) is 5.96 Å². The molecular weight excluding hydrogens is 300 g/mol. The standard InChI is InChI=1S/C19H28N4O/c1-3-20-18(23-13-19(24)9-5-10-19)21-11-8-15-12-22-17-14(2)6-4-7-16(15)17/h4,6-7,12,22,24H,3,5,8-11,13H2,1-2H3,(H2,20,21,23). The van der Waals surface area contributed by atoms with Crippen LogP contribution in [0.3, 0.4) is 0 Å². The zero-order chi connectivity index (χ0) is 17.0. The van der Waals surface area contributed by atoms with E-state index < -0.39 is 5.60 Å². The summed E-state index contributed by atoms with van der Waals surface area (Å²) in [6, 6.07) is 6.40. The molecule has 1 aliphatic rings. The molecule has 2 aromatic rings. The van der Waals surface area contributed by atoms with Crippen molar-refractivity contribution in [1.82, 2.24) is 15.6 Å². The Bertz CT molecular complexity index is 715. The molecule has 0 atom stereocenters. The first-order valence-electron chi connectivity index (χ1n) is 8.91. The molecule has 130 valence electrons. The summed E-state index contributed by atoms with van der Waals surface area (Å²) in [5, 5.41) is 18.1. The molecule has 0 radical (unpaired) electrons. The molecule has 1 heterocycles. The number of rotatable bonds is 6. The Kier molecular flexibility index (Phi) is 5.09. The summed E-state index contributed by atoms with van der Waals surface area (Å²) in [4.78, 5) is 7.91. The molecule has 1 aliphatic carbocycles. The molecule has 1 fully saturated rings. The number of hydrogen-bond donors (Lipinski definition) is 4. The Morgan fingerprint density at radius 3 is 2.88 bits per heavy atom. The maximum atomic E-state index is 10.2. The lowest BCUT2D eigenvalue weighted by Gasteiger charge is -2.35. The molecule has 5 heteroatoms. The van der Waals surface area contributed by atoms with Gasteiger partial charge in [0.05, 0.1) is 12.1 Å². The highest BCUT2D eigenvalue weighted by molar-refractivity contribution is 5.86. The van der Waals surface area contributed by atoms with Crippen molar-refractivity contribution >= 4 is 16.9 Å². The fourth-order valence-electron chi connectivity index (χ4n) is 3.20. The normalized spacial score (nSPS) is 16.9. The number of aromatic nitrogens is 1. The van der Waals surface area contributed by atoms with E-state index in [1.165, 1.54) is 22.0 Å². The van der Waals surface area contributed by atoms with E-state index in [0.29, 0.717) is 6.54 Å². The molecule has 3 rings (SSSR count). The SMILES string of the molecule is CCNC(=NCC1(O)CCC1)NCCc1c[nH]c2c(C)cccc12. The Morgan fingerprint density at radius 1 is 1.33 bits per heavy atom. The van der Waals surface area contributed by atoms with Crippen molar-refractivity contribution in [1.29, 1.82) is 0 Å². The largest absolute Gasteiger partial charge is 0.388 e. The molecule has 5 nitrogen and oxygen atoms in total. The minimum Gasteiger partial charge on any atom is -0.388 e. The van der Waals surface area contributed by atoms with E-state index >= 15 is 0 Å². The Morgan fingerprint density at radius 2 is 2.17 bits per heavy atom. The number of aliphatic imine (C=N–C) groups is 1. The van der Waals surface area contributed by atoms with E-state index in [4.69, 9.17) is 0 Å². The topological polar surface area (TPSA) is 72.4 Å². The molecule has 0 unspecified atom stereocenters. The van der Waals surface area contributed by atoms with Crippen LogP contribution in [-0.2, 0) is 6.42 Å². The molecule has 1 aromatic heterocycles. The van der Waals surface area contributed by atoms with Crippen LogP contribution in [0.1, 0.15) is 37.3 Å². The van der Waals surface area contributed by atoms with Crippen molar-refractivity contribution in [2.45, 2.75) is 45.1 Å². The lowest BCUT2D eigenvalue weighted by Crippen LogP contribution is -2.43. The molecule has 1 aromatic carbocycles. The van der Waals surface area contributed by atoms with Gasteiger partial charge in [0.25, 0.3) is 0 Å². The fourth-order valence-corrected chi connectivity index (χ4v) is 3.20.